The number of ether oxygens (including phenoxy) is 1. The molecule has 2 aliphatic rings. The molecular weight excluding hydrogens is 432 g/mol. The summed E-state index contributed by atoms with van der Waals surface area (Å²) in [6.45, 7) is 4.86. The van der Waals surface area contributed by atoms with Crippen LogP contribution in [0.25, 0.3) is 11.1 Å². The third kappa shape index (κ3) is 5.08. The molecule has 0 radical (unpaired) electrons. The van der Waals surface area contributed by atoms with E-state index < -0.39 is 12.1 Å². The number of likely N-dealkylation sites (tertiary alicyclic amines) is 1. The van der Waals surface area contributed by atoms with Crippen LogP contribution in [0.15, 0.2) is 48.5 Å². The number of nitrogens with one attached hydrogen (secondary N) is 1. The van der Waals surface area contributed by atoms with Crippen LogP contribution in [-0.2, 0) is 14.3 Å². The maximum Gasteiger partial charge on any atom is 0.407 e. The zero-order valence-corrected chi connectivity index (χ0v) is 19.7. The average Bonchev–Trinajstić information content (AvgIpc) is 3.15. The van der Waals surface area contributed by atoms with Crippen molar-refractivity contribution >= 4 is 18.0 Å². The average molecular weight is 465 g/mol. The number of nitrogens with zero attached hydrogens (tertiary/aromatic N) is 1. The van der Waals surface area contributed by atoms with Gasteiger partial charge in [-0.05, 0) is 47.9 Å². The molecule has 2 N–H and O–H groups in total. The summed E-state index contributed by atoms with van der Waals surface area (Å²) in [7, 11) is 0. The SMILES string of the molecule is CC(CNC(=O)OCC1c2ccccc2-c2ccccc21)CC(=O)N1CC[C@H](C(=O)O)C[C@@H]1C. The minimum atomic E-state index is -0.792. The zero-order chi connectivity index (χ0) is 24.2. The number of carboxylic acid groups (broad SMARTS) is 1. The van der Waals surface area contributed by atoms with Crippen LogP contribution in [0.2, 0.25) is 0 Å². The van der Waals surface area contributed by atoms with Crippen LogP contribution >= 0.6 is 0 Å². The Morgan fingerprint density at radius 1 is 1.09 bits per heavy atom. The van der Waals surface area contributed by atoms with E-state index in [0.717, 1.165) is 11.1 Å². The molecule has 2 amide bonds. The van der Waals surface area contributed by atoms with E-state index in [9.17, 15) is 19.5 Å². The lowest BCUT2D eigenvalue weighted by atomic mass is 9.91. The summed E-state index contributed by atoms with van der Waals surface area (Å²) in [5.41, 5.74) is 4.69. The number of piperidine rings is 1. The second kappa shape index (κ2) is 10.3. The van der Waals surface area contributed by atoms with E-state index in [4.69, 9.17) is 4.74 Å². The number of benzene rings is 2. The van der Waals surface area contributed by atoms with Gasteiger partial charge in [0, 0.05) is 31.5 Å². The quantitative estimate of drug-likeness (QED) is 0.638. The molecule has 1 fully saturated rings. The number of rotatable bonds is 7. The summed E-state index contributed by atoms with van der Waals surface area (Å²) >= 11 is 0. The van der Waals surface area contributed by atoms with Gasteiger partial charge in [0.25, 0.3) is 0 Å². The Kier molecular flexibility index (Phi) is 7.20. The lowest BCUT2D eigenvalue weighted by Crippen LogP contribution is -2.46. The van der Waals surface area contributed by atoms with Gasteiger partial charge in [0.2, 0.25) is 5.91 Å². The lowest BCUT2D eigenvalue weighted by molar-refractivity contribution is -0.147. The topological polar surface area (TPSA) is 95.9 Å². The molecule has 7 nitrogen and oxygen atoms in total. The number of carbonyl (C=O) groups is 3. The van der Waals surface area contributed by atoms with Gasteiger partial charge in [0.1, 0.15) is 6.61 Å². The fraction of sp³-hybridized carbons (Fsp3) is 0.444. The van der Waals surface area contributed by atoms with Crippen molar-refractivity contribution in [1.29, 1.82) is 0 Å². The van der Waals surface area contributed by atoms with Crippen LogP contribution < -0.4 is 5.32 Å². The van der Waals surface area contributed by atoms with Crippen molar-refractivity contribution in [2.45, 2.75) is 45.1 Å². The van der Waals surface area contributed by atoms with E-state index >= 15 is 0 Å². The Morgan fingerprint density at radius 3 is 2.29 bits per heavy atom. The fourth-order valence-corrected chi connectivity index (χ4v) is 5.16. The number of amides is 2. The van der Waals surface area contributed by atoms with E-state index in [-0.39, 0.29) is 36.3 Å². The molecule has 1 saturated heterocycles. The molecule has 2 aromatic rings. The van der Waals surface area contributed by atoms with Crippen molar-refractivity contribution in [3.05, 3.63) is 59.7 Å². The van der Waals surface area contributed by atoms with Gasteiger partial charge in [-0.3, -0.25) is 9.59 Å². The van der Waals surface area contributed by atoms with Crippen LogP contribution in [0.5, 0.6) is 0 Å². The maximum absolute atomic E-state index is 12.7. The molecule has 3 atom stereocenters. The van der Waals surface area contributed by atoms with Gasteiger partial charge in [-0.25, -0.2) is 4.79 Å². The number of hydrogen-bond donors (Lipinski definition) is 2. The number of carboxylic acids is 1. The molecule has 0 bridgehead atoms. The summed E-state index contributed by atoms with van der Waals surface area (Å²) in [4.78, 5) is 38.1. The van der Waals surface area contributed by atoms with Crippen LogP contribution in [0, 0.1) is 11.8 Å². The van der Waals surface area contributed by atoms with E-state index in [1.807, 2.05) is 38.1 Å². The molecule has 0 spiro atoms. The highest BCUT2D eigenvalue weighted by Gasteiger charge is 2.33. The largest absolute Gasteiger partial charge is 0.481 e. The molecule has 4 rings (SSSR count). The molecule has 1 heterocycles. The van der Waals surface area contributed by atoms with Crippen molar-refractivity contribution in [1.82, 2.24) is 10.2 Å². The maximum atomic E-state index is 12.7. The summed E-state index contributed by atoms with van der Waals surface area (Å²) < 4.78 is 5.56. The van der Waals surface area contributed by atoms with E-state index in [1.54, 1.807) is 4.90 Å². The predicted molar refractivity (Wildman–Crippen MR) is 128 cm³/mol. The smallest absolute Gasteiger partial charge is 0.407 e. The van der Waals surface area contributed by atoms with Gasteiger partial charge < -0.3 is 20.1 Å². The normalized spacial score (nSPS) is 20.2. The number of carbonyl (C=O) groups excluding carboxylic acids is 2. The third-order valence-electron chi connectivity index (χ3n) is 7.01. The first-order valence-electron chi connectivity index (χ1n) is 12.0. The molecule has 180 valence electrons. The monoisotopic (exact) mass is 464 g/mol. The van der Waals surface area contributed by atoms with Crippen LogP contribution in [0.3, 0.4) is 0 Å². The Balaban J connectivity index is 1.24. The first kappa shape index (κ1) is 23.8. The summed E-state index contributed by atoms with van der Waals surface area (Å²) in [6.07, 6.45) is 0.772. The number of fused-ring (bicyclic) bond motifs is 3. The number of hydrogen-bond acceptors (Lipinski definition) is 4. The molecule has 2 aromatic carbocycles. The van der Waals surface area contributed by atoms with Gasteiger partial charge in [0.15, 0.2) is 0 Å². The molecule has 0 aromatic heterocycles. The first-order chi connectivity index (χ1) is 16.3. The highest BCUT2D eigenvalue weighted by molar-refractivity contribution is 5.79. The molecule has 0 saturated carbocycles. The minimum Gasteiger partial charge on any atom is -0.481 e. The lowest BCUT2D eigenvalue weighted by Gasteiger charge is -2.36. The second-order valence-corrected chi connectivity index (χ2v) is 9.51. The minimum absolute atomic E-state index is 0.00169. The van der Waals surface area contributed by atoms with Crippen molar-refractivity contribution in [3.63, 3.8) is 0 Å². The van der Waals surface area contributed by atoms with Gasteiger partial charge in [-0.2, -0.15) is 0 Å². The Bertz CT molecular complexity index is 1020. The van der Waals surface area contributed by atoms with Gasteiger partial charge in [-0.1, -0.05) is 55.5 Å². The van der Waals surface area contributed by atoms with Crippen molar-refractivity contribution in [2.75, 3.05) is 19.7 Å². The first-order valence-corrected chi connectivity index (χ1v) is 12.0. The van der Waals surface area contributed by atoms with E-state index in [0.29, 0.717) is 32.4 Å². The Hall–Kier alpha value is -3.35. The highest BCUT2D eigenvalue weighted by atomic mass is 16.5. The van der Waals surface area contributed by atoms with Gasteiger partial charge in [0.05, 0.1) is 5.92 Å². The summed E-state index contributed by atoms with van der Waals surface area (Å²) in [5, 5.41) is 12.0. The number of aliphatic carboxylic acids is 1. The van der Waals surface area contributed by atoms with Gasteiger partial charge >= 0.3 is 12.1 Å². The summed E-state index contributed by atoms with van der Waals surface area (Å²) in [6, 6.07) is 16.3. The molecular formula is C27H32N2O5. The molecule has 1 aliphatic heterocycles. The molecule has 1 unspecified atom stereocenters. The van der Waals surface area contributed by atoms with Crippen LogP contribution in [-0.4, -0.2) is 53.7 Å². The van der Waals surface area contributed by atoms with Crippen molar-refractivity contribution in [3.8, 4) is 11.1 Å². The summed E-state index contributed by atoms with van der Waals surface area (Å²) in [5.74, 6) is -1.23. The second-order valence-electron chi connectivity index (χ2n) is 9.51. The van der Waals surface area contributed by atoms with Crippen molar-refractivity contribution < 1.29 is 24.2 Å². The van der Waals surface area contributed by atoms with Crippen molar-refractivity contribution in [2.24, 2.45) is 11.8 Å². The van der Waals surface area contributed by atoms with Crippen LogP contribution in [0.4, 0.5) is 4.79 Å². The standard InChI is InChI=1S/C27H32N2O5/c1-17(13-25(30)29-12-11-19(26(31)32)14-18(29)2)15-28-27(33)34-16-24-22-9-5-3-7-20(22)21-8-4-6-10-23(21)24/h3-10,17-19,24H,11-16H2,1-2H3,(H,28,33)(H,31,32)/t17?,18-,19-/m0/s1. The van der Waals surface area contributed by atoms with Crippen LogP contribution in [0.1, 0.15) is 50.2 Å². The predicted octanol–water partition coefficient (Wildman–Crippen LogP) is 4.26. The molecule has 34 heavy (non-hydrogen) atoms. The van der Waals surface area contributed by atoms with Gasteiger partial charge in [-0.15, -0.1) is 0 Å². The highest BCUT2D eigenvalue weighted by Crippen LogP contribution is 2.44. The number of alkyl carbamates (subject to hydrolysis) is 1. The molecule has 1 aliphatic carbocycles. The third-order valence-corrected chi connectivity index (χ3v) is 7.01. The Labute approximate surface area is 200 Å². The molecule has 7 heteroatoms. The fourth-order valence-electron chi connectivity index (χ4n) is 5.16. The van der Waals surface area contributed by atoms with E-state index in [2.05, 4.69) is 29.6 Å². The van der Waals surface area contributed by atoms with E-state index in [1.165, 1.54) is 11.1 Å². The Morgan fingerprint density at radius 2 is 1.71 bits per heavy atom. The zero-order valence-electron chi connectivity index (χ0n) is 19.7.